The number of piperidine rings is 2. The predicted octanol–water partition coefficient (Wildman–Crippen LogP) is 2.53. The first-order valence-corrected chi connectivity index (χ1v) is 8.61. The zero-order chi connectivity index (χ0) is 15.9. The van der Waals surface area contributed by atoms with Crippen LogP contribution in [0.2, 0.25) is 0 Å². The monoisotopic (exact) mass is 307 g/mol. The molecule has 2 aliphatic rings. The number of likely N-dealkylation sites (tertiary alicyclic amines) is 2. The number of carbonyl (C=O) groups is 2. The van der Waals surface area contributed by atoms with Crippen LogP contribution in [0.25, 0.3) is 0 Å². The summed E-state index contributed by atoms with van der Waals surface area (Å²) in [7, 11) is 0. The minimum absolute atomic E-state index is 0.0251. The van der Waals surface area contributed by atoms with Gasteiger partial charge in [-0.05, 0) is 38.5 Å². The molecule has 2 heterocycles. The summed E-state index contributed by atoms with van der Waals surface area (Å²) in [5, 5.41) is 3.08. The van der Waals surface area contributed by atoms with Gasteiger partial charge in [0.2, 0.25) is 5.91 Å². The van der Waals surface area contributed by atoms with Crippen molar-refractivity contribution >= 4 is 11.9 Å². The second-order valence-corrected chi connectivity index (χ2v) is 6.34. The fraction of sp³-hybridized carbons (Fsp3) is 0.765. The van der Waals surface area contributed by atoms with Crippen LogP contribution in [0, 0.1) is 0 Å². The Labute approximate surface area is 133 Å². The van der Waals surface area contributed by atoms with Crippen LogP contribution in [0.3, 0.4) is 0 Å². The first-order chi connectivity index (χ1) is 10.7. The van der Waals surface area contributed by atoms with Crippen LogP contribution in [-0.4, -0.2) is 53.5 Å². The largest absolute Gasteiger partial charge is 0.340 e. The van der Waals surface area contributed by atoms with Crippen molar-refractivity contribution < 1.29 is 9.59 Å². The van der Waals surface area contributed by atoms with Gasteiger partial charge in [-0.15, -0.1) is 6.58 Å². The quantitative estimate of drug-likeness (QED) is 0.794. The third kappa shape index (κ3) is 4.24. The lowest BCUT2D eigenvalue weighted by molar-refractivity contribution is -0.136. The molecule has 0 aromatic rings. The van der Waals surface area contributed by atoms with Gasteiger partial charge in [-0.1, -0.05) is 13.0 Å². The summed E-state index contributed by atoms with van der Waals surface area (Å²) >= 11 is 0. The Morgan fingerprint density at radius 3 is 2.68 bits per heavy atom. The molecule has 0 saturated carbocycles. The highest BCUT2D eigenvalue weighted by molar-refractivity contribution is 5.77. The molecule has 0 spiro atoms. The first-order valence-electron chi connectivity index (χ1n) is 8.61. The van der Waals surface area contributed by atoms with Gasteiger partial charge in [0.25, 0.3) is 0 Å². The maximum atomic E-state index is 12.3. The summed E-state index contributed by atoms with van der Waals surface area (Å²) in [4.78, 5) is 28.2. The van der Waals surface area contributed by atoms with Gasteiger partial charge in [-0.25, -0.2) is 4.79 Å². The molecule has 2 saturated heterocycles. The second-order valence-electron chi connectivity index (χ2n) is 6.34. The minimum Gasteiger partial charge on any atom is -0.340 e. The SMILES string of the molecule is C=CCC(CC)NC(=O)N1CCC(N2CCCCC2=O)CC1. The van der Waals surface area contributed by atoms with E-state index in [1.807, 2.05) is 15.9 Å². The first kappa shape index (κ1) is 16.8. The molecule has 22 heavy (non-hydrogen) atoms. The highest BCUT2D eigenvalue weighted by Gasteiger charge is 2.30. The fourth-order valence-electron chi connectivity index (χ4n) is 3.39. The summed E-state index contributed by atoms with van der Waals surface area (Å²) < 4.78 is 0. The Hall–Kier alpha value is -1.52. The summed E-state index contributed by atoms with van der Waals surface area (Å²) in [5.74, 6) is 0.297. The maximum absolute atomic E-state index is 12.3. The highest BCUT2D eigenvalue weighted by atomic mass is 16.2. The van der Waals surface area contributed by atoms with Crippen molar-refractivity contribution in [3.05, 3.63) is 12.7 Å². The molecule has 5 heteroatoms. The normalized spacial score (nSPS) is 21.6. The van der Waals surface area contributed by atoms with E-state index in [0.717, 1.165) is 58.2 Å². The van der Waals surface area contributed by atoms with E-state index in [0.29, 0.717) is 18.4 Å². The number of hydrogen-bond donors (Lipinski definition) is 1. The van der Waals surface area contributed by atoms with Gasteiger partial charge in [0.1, 0.15) is 0 Å². The Morgan fingerprint density at radius 1 is 1.36 bits per heavy atom. The van der Waals surface area contributed by atoms with Crippen LogP contribution in [0.4, 0.5) is 4.79 Å². The molecule has 2 aliphatic heterocycles. The van der Waals surface area contributed by atoms with Gasteiger partial charge < -0.3 is 15.1 Å². The number of nitrogens with zero attached hydrogens (tertiary/aromatic N) is 2. The lowest BCUT2D eigenvalue weighted by Gasteiger charge is -2.40. The van der Waals surface area contributed by atoms with Crippen molar-refractivity contribution in [2.24, 2.45) is 0 Å². The summed E-state index contributed by atoms with van der Waals surface area (Å²) in [6.45, 7) is 8.18. The Bertz CT molecular complexity index is 403. The van der Waals surface area contributed by atoms with E-state index >= 15 is 0 Å². The van der Waals surface area contributed by atoms with E-state index < -0.39 is 0 Å². The Balaban J connectivity index is 1.79. The molecule has 3 amide bonds. The van der Waals surface area contributed by atoms with Crippen LogP contribution < -0.4 is 5.32 Å². The van der Waals surface area contributed by atoms with E-state index in [-0.39, 0.29) is 12.1 Å². The molecule has 2 fully saturated rings. The molecule has 1 atom stereocenters. The average molecular weight is 307 g/mol. The van der Waals surface area contributed by atoms with Crippen molar-refractivity contribution in [3.63, 3.8) is 0 Å². The minimum atomic E-state index is 0.0251. The van der Waals surface area contributed by atoms with Crippen LogP contribution in [0.5, 0.6) is 0 Å². The zero-order valence-electron chi connectivity index (χ0n) is 13.7. The molecule has 124 valence electrons. The van der Waals surface area contributed by atoms with E-state index in [1.165, 1.54) is 0 Å². The zero-order valence-corrected chi connectivity index (χ0v) is 13.7. The van der Waals surface area contributed by atoms with Crippen molar-refractivity contribution in [1.29, 1.82) is 0 Å². The van der Waals surface area contributed by atoms with Gasteiger partial charge in [-0.3, -0.25) is 4.79 Å². The number of carbonyl (C=O) groups excluding carboxylic acids is 2. The maximum Gasteiger partial charge on any atom is 0.317 e. The molecule has 0 bridgehead atoms. The van der Waals surface area contributed by atoms with Crippen molar-refractivity contribution in [2.75, 3.05) is 19.6 Å². The van der Waals surface area contributed by atoms with Crippen molar-refractivity contribution in [2.45, 2.75) is 64.0 Å². The van der Waals surface area contributed by atoms with Gasteiger partial charge in [0, 0.05) is 38.1 Å². The number of rotatable bonds is 5. The second kappa shape index (κ2) is 8.20. The molecule has 0 aromatic carbocycles. The standard InChI is InChI=1S/C17H29N3O2/c1-3-7-14(4-2)18-17(22)19-12-9-15(10-13-19)20-11-6-5-8-16(20)21/h3,14-15H,1,4-13H2,2H3,(H,18,22). The third-order valence-corrected chi connectivity index (χ3v) is 4.82. The number of nitrogens with one attached hydrogen (secondary N) is 1. The molecular weight excluding hydrogens is 278 g/mol. The van der Waals surface area contributed by atoms with E-state index in [9.17, 15) is 9.59 Å². The number of amides is 3. The molecular formula is C17H29N3O2. The predicted molar refractivity (Wildman–Crippen MR) is 87.6 cm³/mol. The lowest BCUT2D eigenvalue weighted by Crippen LogP contribution is -2.53. The molecule has 0 aromatic heterocycles. The smallest absolute Gasteiger partial charge is 0.317 e. The summed E-state index contributed by atoms with van der Waals surface area (Å²) in [6, 6.07) is 0.524. The van der Waals surface area contributed by atoms with Crippen LogP contribution in [0.15, 0.2) is 12.7 Å². The highest BCUT2D eigenvalue weighted by Crippen LogP contribution is 2.21. The molecule has 1 N–H and O–H groups in total. The third-order valence-electron chi connectivity index (χ3n) is 4.82. The topological polar surface area (TPSA) is 52.7 Å². The molecule has 0 aliphatic carbocycles. The number of hydrogen-bond acceptors (Lipinski definition) is 2. The fourth-order valence-corrected chi connectivity index (χ4v) is 3.39. The Kier molecular flexibility index (Phi) is 6.28. The molecule has 5 nitrogen and oxygen atoms in total. The molecule has 1 unspecified atom stereocenters. The lowest BCUT2D eigenvalue weighted by atomic mass is 9.99. The van der Waals surface area contributed by atoms with Crippen molar-refractivity contribution in [3.8, 4) is 0 Å². The van der Waals surface area contributed by atoms with E-state index in [4.69, 9.17) is 0 Å². The van der Waals surface area contributed by atoms with Crippen LogP contribution >= 0.6 is 0 Å². The van der Waals surface area contributed by atoms with Gasteiger partial charge in [0.15, 0.2) is 0 Å². The molecule has 2 rings (SSSR count). The van der Waals surface area contributed by atoms with Gasteiger partial charge in [0.05, 0.1) is 0 Å². The molecule has 0 radical (unpaired) electrons. The van der Waals surface area contributed by atoms with Gasteiger partial charge >= 0.3 is 6.03 Å². The van der Waals surface area contributed by atoms with E-state index in [2.05, 4.69) is 18.8 Å². The Morgan fingerprint density at radius 2 is 2.09 bits per heavy atom. The van der Waals surface area contributed by atoms with Crippen molar-refractivity contribution in [1.82, 2.24) is 15.1 Å². The number of urea groups is 1. The summed E-state index contributed by atoms with van der Waals surface area (Å²) in [6.07, 6.45) is 8.21. The van der Waals surface area contributed by atoms with Crippen LogP contribution in [-0.2, 0) is 4.79 Å². The summed E-state index contributed by atoms with van der Waals surface area (Å²) in [5.41, 5.74) is 0. The van der Waals surface area contributed by atoms with Crippen LogP contribution in [0.1, 0.15) is 51.9 Å². The van der Waals surface area contributed by atoms with Gasteiger partial charge in [-0.2, -0.15) is 0 Å². The van der Waals surface area contributed by atoms with E-state index in [1.54, 1.807) is 0 Å². The average Bonchev–Trinajstić information content (AvgIpc) is 2.55.